The Morgan fingerprint density at radius 3 is 2.50 bits per heavy atom. The third-order valence-corrected chi connectivity index (χ3v) is 7.92. The van der Waals surface area contributed by atoms with Gasteiger partial charge in [-0.1, -0.05) is 24.3 Å². The van der Waals surface area contributed by atoms with Crippen LogP contribution in [0, 0.1) is 11.6 Å². The number of rotatable bonds is 6. The SMILES string of the molecule is COC(=O)C1(c2ccc(-c3cc(F)cc(F)c3S(=O)(=O)Nc3cnc4c(c3)C(=O)NCC4)cc2)CC1. The molecule has 0 radical (unpaired) electrons. The van der Waals surface area contributed by atoms with E-state index in [2.05, 4.69) is 15.0 Å². The van der Waals surface area contributed by atoms with E-state index >= 15 is 0 Å². The van der Waals surface area contributed by atoms with Gasteiger partial charge in [-0.3, -0.25) is 19.3 Å². The molecule has 2 N–H and O–H groups in total. The Kier molecular flexibility index (Phi) is 5.74. The quantitative estimate of drug-likeness (QED) is 0.489. The van der Waals surface area contributed by atoms with Crippen molar-refractivity contribution >= 4 is 27.6 Å². The standard InChI is InChI=1S/C25H21F2N3O5S/c1-35-24(32)25(7-8-25)15-4-2-14(3-5-15)18-10-16(26)11-20(27)22(18)36(33,34)30-17-12-19-21(29-13-17)6-9-28-23(19)31/h2-5,10-13,30H,6-9H2,1H3,(H,28,31). The molecule has 11 heteroatoms. The molecule has 0 saturated heterocycles. The molecule has 36 heavy (non-hydrogen) atoms. The highest BCUT2D eigenvalue weighted by Gasteiger charge is 2.52. The van der Waals surface area contributed by atoms with Gasteiger partial charge in [-0.25, -0.2) is 17.2 Å². The van der Waals surface area contributed by atoms with Crippen molar-refractivity contribution < 1.29 is 31.5 Å². The smallest absolute Gasteiger partial charge is 0.316 e. The van der Waals surface area contributed by atoms with Gasteiger partial charge in [0.1, 0.15) is 16.5 Å². The fourth-order valence-corrected chi connectivity index (χ4v) is 5.79. The van der Waals surface area contributed by atoms with E-state index in [-0.39, 0.29) is 34.3 Å². The van der Waals surface area contributed by atoms with Gasteiger partial charge in [-0.2, -0.15) is 0 Å². The third kappa shape index (κ3) is 4.09. The van der Waals surface area contributed by atoms with Crippen molar-refractivity contribution in [3.8, 4) is 11.1 Å². The number of nitrogens with zero attached hydrogens (tertiary/aromatic N) is 1. The number of halogens is 2. The van der Waals surface area contributed by atoms with Gasteiger partial charge in [0.05, 0.1) is 35.7 Å². The molecular weight excluding hydrogens is 492 g/mol. The minimum Gasteiger partial charge on any atom is -0.468 e. The summed E-state index contributed by atoms with van der Waals surface area (Å²) in [4.78, 5) is 27.7. The van der Waals surface area contributed by atoms with E-state index in [0.29, 0.717) is 43.1 Å². The first-order chi connectivity index (χ1) is 17.1. The average molecular weight is 514 g/mol. The number of carbonyl (C=O) groups excluding carboxylic acids is 2. The first kappa shape index (κ1) is 23.9. The number of methoxy groups -OCH3 is 1. The lowest BCUT2D eigenvalue weighted by atomic mass is 9.93. The lowest BCUT2D eigenvalue weighted by Gasteiger charge is -2.18. The minimum atomic E-state index is -4.56. The van der Waals surface area contributed by atoms with Crippen molar-refractivity contribution in [2.75, 3.05) is 18.4 Å². The normalized spacial score (nSPS) is 16.0. The number of esters is 1. The molecule has 1 aliphatic carbocycles. The summed E-state index contributed by atoms with van der Waals surface area (Å²) in [6, 6.07) is 9.01. The van der Waals surface area contributed by atoms with Crippen LogP contribution in [0.25, 0.3) is 11.1 Å². The summed E-state index contributed by atoms with van der Waals surface area (Å²) in [6.07, 6.45) is 2.97. The number of nitrogens with one attached hydrogen (secondary N) is 2. The molecule has 0 spiro atoms. The van der Waals surface area contributed by atoms with Crippen LogP contribution in [0.4, 0.5) is 14.5 Å². The van der Waals surface area contributed by atoms with E-state index in [1.807, 2.05) is 0 Å². The predicted molar refractivity (Wildman–Crippen MR) is 126 cm³/mol. The maximum absolute atomic E-state index is 15.0. The Hall–Kier alpha value is -3.86. The molecule has 2 heterocycles. The summed E-state index contributed by atoms with van der Waals surface area (Å²) >= 11 is 0. The van der Waals surface area contributed by atoms with E-state index in [1.165, 1.54) is 31.5 Å². The zero-order valence-electron chi connectivity index (χ0n) is 19.1. The summed E-state index contributed by atoms with van der Waals surface area (Å²) in [5, 5.41) is 2.65. The lowest BCUT2D eigenvalue weighted by Crippen LogP contribution is -2.32. The molecule has 1 amide bonds. The molecule has 1 aromatic heterocycles. The van der Waals surface area contributed by atoms with Gasteiger partial charge in [0.15, 0.2) is 0 Å². The molecule has 0 bridgehead atoms. The molecule has 0 unspecified atom stereocenters. The molecule has 0 atom stereocenters. The van der Waals surface area contributed by atoms with Crippen LogP contribution >= 0.6 is 0 Å². The number of ether oxygens (including phenoxy) is 1. The summed E-state index contributed by atoms with van der Waals surface area (Å²) in [6.45, 7) is 0.424. The fourth-order valence-electron chi connectivity index (χ4n) is 4.49. The Morgan fingerprint density at radius 2 is 1.83 bits per heavy atom. The van der Waals surface area contributed by atoms with E-state index in [4.69, 9.17) is 4.74 Å². The lowest BCUT2D eigenvalue weighted by molar-refractivity contribution is -0.143. The Bertz CT molecular complexity index is 1500. The predicted octanol–water partition coefficient (Wildman–Crippen LogP) is 3.32. The molecule has 1 fully saturated rings. The van der Waals surface area contributed by atoms with Gasteiger partial charge in [-0.15, -0.1) is 0 Å². The summed E-state index contributed by atoms with van der Waals surface area (Å²) in [5.74, 6) is -2.99. The highest BCUT2D eigenvalue weighted by molar-refractivity contribution is 7.92. The maximum Gasteiger partial charge on any atom is 0.316 e. The molecule has 1 aliphatic heterocycles. The van der Waals surface area contributed by atoms with Crippen LogP contribution in [0.15, 0.2) is 53.6 Å². The third-order valence-electron chi connectivity index (χ3n) is 6.47. The van der Waals surface area contributed by atoms with Crippen molar-refractivity contribution in [1.82, 2.24) is 10.3 Å². The molecule has 186 valence electrons. The number of anilines is 1. The van der Waals surface area contributed by atoms with Crippen LogP contribution in [0.2, 0.25) is 0 Å². The van der Waals surface area contributed by atoms with Crippen LogP contribution in [-0.2, 0) is 31.4 Å². The van der Waals surface area contributed by atoms with Crippen molar-refractivity contribution in [3.05, 3.63) is 77.1 Å². The second-order valence-electron chi connectivity index (χ2n) is 8.74. The van der Waals surface area contributed by atoms with E-state index < -0.39 is 32.0 Å². The number of amides is 1. The Balaban J connectivity index is 1.53. The minimum absolute atomic E-state index is 0.0374. The molecule has 2 aliphatic rings. The van der Waals surface area contributed by atoms with Crippen LogP contribution in [0.1, 0.15) is 34.5 Å². The van der Waals surface area contributed by atoms with E-state index in [1.54, 1.807) is 12.1 Å². The van der Waals surface area contributed by atoms with Gasteiger partial charge in [0.2, 0.25) is 0 Å². The van der Waals surface area contributed by atoms with Crippen LogP contribution < -0.4 is 10.0 Å². The van der Waals surface area contributed by atoms with Gasteiger partial charge < -0.3 is 10.1 Å². The van der Waals surface area contributed by atoms with Crippen molar-refractivity contribution in [3.63, 3.8) is 0 Å². The highest BCUT2D eigenvalue weighted by Crippen LogP contribution is 2.49. The summed E-state index contributed by atoms with van der Waals surface area (Å²) in [7, 11) is -3.26. The molecule has 3 aromatic rings. The van der Waals surface area contributed by atoms with Crippen LogP contribution in [-0.4, -0.2) is 38.9 Å². The molecule has 8 nitrogen and oxygen atoms in total. The van der Waals surface area contributed by atoms with Crippen LogP contribution in [0.3, 0.4) is 0 Å². The number of benzene rings is 2. The molecular formula is C25H21F2N3O5S. The number of pyridine rings is 1. The van der Waals surface area contributed by atoms with Gasteiger partial charge in [0.25, 0.3) is 15.9 Å². The summed E-state index contributed by atoms with van der Waals surface area (Å²) in [5.41, 5.74) is 0.676. The van der Waals surface area contributed by atoms with Crippen molar-refractivity contribution in [2.24, 2.45) is 0 Å². The number of carbonyl (C=O) groups is 2. The zero-order valence-corrected chi connectivity index (χ0v) is 19.9. The second-order valence-corrected chi connectivity index (χ2v) is 10.4. The maximum atomic E-state index is 15.0. The number of aromatic nitrogens is 1. The molecule has 5 rings (SSSR count). The number of hydrogen-bond acceptors (Lipinski definition) is 6. The van der Waals surface area contributed by atoms with Gasteiger partial charge in [-0.05, 0) is 36.1 Å². The Morgan fingerprint density at radius 1 is 1.11 bits per heavy atom. The fraction of sp³-hybridized carbons (Fsp3) is 0.240. The molecule has 1 saturated carbocycles. The van der Waals surface area contributed by atoms with Gasteiger partial charge in [0, 0.05) is 24.6 Å². The number of sulfonamides is 1. The first-order valence-corrected chi connectivity index (χ1v) is 12.6. The monoisotopic (exact) mass is 513 g/mol. The highest BCUT2D eigenvalue weighted by atomic mass is 32.2. The Labute approximate surface area is 205 Å². The topological polar surface area (TPSA) is 114 Å². The average Bonchev–Trinajstić information content (AvgIpc) is 3.65. The number of hydrogen-bond donors (Lipinski definition) is 2. The van der Waals surface area contributed by atoms with Gasteiger partial charge >= 0.3 is 5.97 Å². The van der Waals surface area contributed by atoms with E-state index in [9.17, 15) is 26.8 Å². The number of fused-ring (bicyclic) bond motifs is 1. The van der Waals surface area contributed by atoms with Crippen molar-refractivity contribution in [1.29, 1.82) is 0 Å². The summed E-state index contributed by atoms with van der Waals surface area (Å²) < 4.78 is 62.9. The molecule has 2 aromatic carbocycles. The largest absolute Gasteiger partial charge is 0.468 e. The van der Waals surface area contributed by atoms with Crippen molar-refractivity contribution in [2.45, 2.75) is 29.6 Å². The van der Waals surface area contributed by atoms with Crippen LogP contribution in [0.5, 0.6) is 0 Å². The second kappa shape index (κ2) is 8.66. The zero-order chi connectivity index (χ0) is 25.7. The van der Waals surface area contributed by atoms with E-state index in [0.717, 1.165) is 6.07 Å². The first-order valence-electron chi connectivity index (χ1n) is 11.1.